The molecule has 41 heavy (non-hydrogen) atoms. The Morgan fingerprint density at radius 3 is 2.46 bits per heavy atom. The van der Waals surface area contributed by atoms with Crippen molar-refractivity contribution < 1.29 is 32.9 Å². The molecule has 0 bridgehead atoms. The molecular weight excluding hydrogens is 564 g/mol. The zero-order valence-corrected chi connectivity index (χ0v) is 23.4. The van der Waals surface area contributed by atoms with Crippen molar-refractivity contribution in [3.63, 3.8) is 0 Å². The molecule has 0 aliphatic carbocycles. The maximum absolute atomic E-state index is 12.9. The molecule has 1 aromatic heterocycles. The van der Waals surface area contributed by atoms with Crippen LogP contribution in [0.15, 0.2) is 107 Å². The number of aliphatic hydroxyl groups excluding tert-OH is 1. The van der Waals surface area contributed by atoms with E-state index in [0.29, 0.717) is 28.5 Å². The predicted molar refractivity (Wildman–Crippen MR) is 154 cm³/mol. The van der Waals surface area contributed by atoms with Crippen LogP contribution in [0.25, 0.3) is 0 Å². The number of sulfonamides is 1. The van der Waals surface area contributed by atoms with E-state index in [1.165, 1.54) is 30.0 Å². The summed E-state index contributed by atoms with van der Waals surface area (Å²) in [4.78, 5) is 16.0. The van der Waals surface area contributed by atoms with Crippen molar-refractivity contribution in [2.75, 3.05) is 10.5 Å². The first kappa shape index (κ1) is 28.8. The van der Waals surface area contributed by atoms with E-state index in [9.17, 15) is 23.4 Å². The van der Waals surface area contributed by atoms with Crippen molar-refractivity contribution in [1.29, 1.82) is 0 Å². The summed E-state index contributed by atoms with van der Waals surface area (Å²) in [5.41, 5.74) is 2.78. The molecule has 3 aromatic carbocycles. The lowest BCUT2D eigenvalue weighted by molar-refractivity contribution is -0.245. The van der Waals surface area contributed by atoms with Gasteiger partial charge in [-0.2, -0.15) is 0 Å². The number of aliphatic hydroxyl groups is 1. The number of hydrogen-bond donors (Lipinski definition) is 3. The van der Waals surface area contributed by atoms with Crippen molar-refractivity contribution in [1.82, 2.24) is 4.98 Å². The van der Waals surface area contributed by atoms with E-state index in [4.69, 9.17) is 9.47 Å². The summed E-state index contributed by atoms with van der Waals surface area (Å²) < 4.78 is 41.1. The third kappa shape index (κ3) is 7.13. The molecule has 1 saturated heterocycles. The molecule has 1 aliphatic rings. The van der Waals surface area contributed by atoms with E-state index in [1.54, 1.807) is 54.7 Å². The molecule has 3 unspecified atom stereocenters. The maximum atomic E-state index is 12.9. The monoisotopic (exact) mass is 592 g/mol. The molecule has 5 rings (SSSR count). The fourth-order valence-corrected chi connectivity index (χ4v) is 6.50. The van der Waals surface area contributed by atoms with Crippen LogP contribution in [0.4, 0.5) is 5.69 Å². The van der Waals surface area contributed by atoms with Gasteiger partial charge in [-0.1, -0.05) is 54.6 Å². The average Bonchev–Trinajstić information content (AvgIpc) is 3.00. The highest BCUT2D eigenvalue weighted by Gasteiger charge is 2.33. The highest BCUT2D eigenvalue weighted by Crippen LogP contribution is 2.40. The van der Waals surface area contributed by atoms with Gasteiger partial charge in [-0.05, 0) is 47.5 Å². The van der Waals surface area contributed by atoms with Gasteiger partial charge in [0.25, 0.3) is 10.0 Å². The Morgan fingerprint density at radius 1 is 0.951 bits per heavy atom. The predicted octanol–water partition coefficient (Wildman–Crippen LogP) is 5.41. The molecule has 3 N–H and O–H groups in total. The molecule has 1 aliphatic heterocycles. The number of carboxylic acid groups (broad SMARTS) is 1. The minimum Gasteiger partial charge on any atom is -0.478 e. The van der Waals surface area contributed by atoms with Crippen LogP contribution in [0.5, 0.6) is 0 Å². The lowest BCUT2D eigenvalue weighted by atomic mass is 10.0. The molecule has 0 spiro atoms. The number of carboxylic acids is 1. The van der Waals surface area contributed by atoms with E-state index in [1.807, 2.05) is 24.3 Å². The van der Waals surface area contributed by atoms with Crippen LogP contribution in [0.1, 0.15) is 45.9 Å². The first-order valence-corrected chi connectivity index (χ1v) is 15.3. The van der Waals surface area contributed by atoms with Crippen molar-refractivity contribution in [2.45, 2.75) is 41.4 Å². The lowest BCUT2D eigenvalue weighted by Crippen LogP contribution is -2.31. The lowest BCUT2D eigenvalue weighted by Gasteiger charge is -2.36. The Bertz CT molecular complexity index is 1600. The minimum absolute atomic E-state index is 0.0710. The Hall–Kier alpha value is -3.74. The highest BCUT2D eigenvalue weighted by molar-refractivity contribution is 7.99. The van der Waals surface area contributed by atoms with E-state index in [2.05, 4.69) is 9.71 Å². The van der Waals surface area contributed by atoms with Gasteiger partial charge in [0.15, 0.2) is 6.29 Å². The zero-order valence-electron chi connectivity index (χ0n) is 21.8. The van der Waals surface area contributed by atoms with Crippen molar-refractivity contribution >= 4 is 33.4 Å². The number of ether oxygens (including phenoxy) is 2. The standard InChI is InChI=1S/C30H28N2O7S2/c33-18-20-11-13-21(14-12-20)27-17-24(19-40-28-26(29(34)35)10-5-15-31-28)38-30(39-27)22-6-4-7-23(16-22)32-41(36,37)25-8-2-1-3-9-25/h1-16,24,27,30,32-33H,17-19H2,(H,34,35). The Kier molecular flexibility index (Phi) is 9.01. The quantitative estimate of drug-likeness (QED) is 0.207. The van der Waals surface area contributed by atoms with Crippen LogP contribution in [-0.2, 0) is 26.1 Å². The summed E-state index contributed by atoms with van der Waals surface area (Å²) in [5, 5.41) is 19.4. The van der Waals surface area contributed by atoms with Gasteiger partial charge in [-0.25, -0.2) is 18.2 Å². The van der Waals surface area contributed by atoms with Crippen LogP contribution in [0, 0.1) is 0 Å². The van der Waals surface area contributed by atoms with Crippen LogP contribution in [-0.4, -0.2) is 41.4 Å². The molecule has 9 nitrogen and oxygen atoms in total. The third-order valence-corrected chi connectivity index (χ3v) is 9.02. The first-order chi connectivity index (χ1) is 19.8. The number of anilines is 1. The number of rotatable bonds is 10. The number of aromatic nitrogens is 1. The second-order valence-electron chi connectivity index (χ2n) is 9.37. The molecular formula is C30H28N2O7S2. The van der Waals surface area contributed by atoms with E-state index in [-0.39, 0.29) is 29.3 Å². The Labute approximate surface area is 242 Å². The van der Waals surface area contributed by atoms with E-state index in [0.717, 1.165) is 11.1 Å². The molecule has 4 aromatic rings. The van der Waals surface area contributed by atoms with Gasteiger partial charge in [0.2, 0.25) is 0 Å². The van der Waals surface area contributed by atoms with Gasteiger partial charge in [0.05, 0.1) is 29.3 Å². The van der Waals surface area contributed by atoms with Gasteiger partial charge < -0.3 is 19.7 Å². The van der Waals surface area contributed by atoms with Crippen LogP contribution in [0.2, 0.25) is 0 Å². The SMILES string of the molecule is O=C(O)c1cccnc1SCC1CC(c2ccc(CO)cc2)OC(c2cccc(NS(=O)(=O)c3ccccc3)c2)O1. The van der Waals surface area contributed by atoms with Crippen molar-refractivity contribution in [3.8, 4) is 0 Å². The third-order valence-electron chi connectivity index (χ3n) is 6.49. The number of aromatic carboxylic acids is 1. The molecule has 0 amide bonds. The fourth-order valence-electron chi connectivity index (χ4n) is 4.43. The van der Waals surface area contributed by atoms with Gasteiger partial charge in [-0.15, -0.1) is 11.8 Å². The molecule has 212 valence electrons. The van der Waals surface area contributed by atoms with Crippen molar-refractivity contribution in [2.24, 2.45) is 0 Å². The number of carbonyl (C=O) groups is 1. The van der Waals surface area contributed by atoms with E-state index < -0.39 is 22.3 Å². The largest absolute Gasteiger partial charge is 0.478 e. The number of nitrogens with one attached hydrogen (secondary N) is 1. The number of nitrogens with zero attached hydrogens (tertiary/aromatic N) is 1. The van der Waals surface area contributed by atoms with Crippen LogP contribution >= 0.6 is 11.8 Å². The van der Waals surface area contributed by atoms with Gasteiger partial charge in [0, 0.05) is 29.6 Å². The molecule has 11 heteroatoms. The topological polar surface area (TPSA) is 135 Å². The summed E-state index contributed by atoms with van der Waals surface area (Å²) in [7, 11) is -3.79. The normalized spacial score (nSPS) is 19.0. The molecule has 0 saturated carbocycles. The summed E-state index contributed by atoms with van der Waals surface area (Å²) in [6, 6.07) is 25.5. The fraction of sp³-hybridized carbons (Fsp3) is 0.200. The second-order valence-corrected chi connectivity index (χ2v) is 12.1. The zero-order chi connectivity index (χ0) is 28.8. The summed E-state index contributed by atoms with van der Waals surface area (Å²) in [6.45, 7) is -0.0710. The highest BCUT2D eigenvalue weighted by atomic mass is 32.2. The van der Waals surface area contributed by atoms with Gasteiger partial charge in [0.1, 0.15) is 5.03 Å². The molecule has 3 atom stereocenters. The first-order valence-electron chi connectivity index (χ1n) is 12.8. The Morgan fingerprint density at radius 2 is 1.73 bits per heavy atom. The Balaban J connectivity index is 1.39. The number of thioether (sulfide) groups is 1. The maximum Gasteiger partial charge on any atom is 0.338 e. The van der Waals surface area contributed by atoms with Crippen molar-refractivity contribution in [3.05, 3.63) is 119 Å². The van der Waals surface area contributed by atoms with Gasteiger partial charge in [-0.3, -0.25) is 4.72 Å². The van der Waals surface area contributed by atoms with Crippen LogP contribution < -0.4 is 4.72 Å². The molecule has 2 heterocycles. The molecule has 0 radical (unpaired) electrons. The smallest absolute Gasteiger partial charge is 0.338 e. The second kappa shape index (κ2) is 12.8. The molecule has 1 fully saturated rings. The van der Waals surface area contributed by atoms with Crippen LogP contribution in [0.3, 0.4) is 0 Å². The minimum atomic E-state index is -3.79. The van der Waals surface area contributed by atoms with E-state index >= 15 is 0 Å². The van der Waals surface area contributed by atoms with Gasteiger partial charge >= 0.3 is 5.97 Å². The summed E-state index contributed by atoms with van der Waals surface area (Å²) in [6.07, 6.45) is 0.530. The summed E-state index contributed by atoms with van der Waals surface area (Å²) in [5.74, 6) is -0.633. The summed E-state index contributed by atoms with van der Waals surface area (Å²) >= 11 is 1.29. The number of benzene rings is 3. The number of pyridine rings is 1. The number of hydrogen-bond acceptors (Lipinski definition) is 8. The average molecular weight is 593 g/mol.